The summed E-state index contributed by atoms with van der Waals surface area (Å²) in [6, 6.07) is 19.6. The molecule has 5 nitrogen and oxygen atoms in total. The SMILES string of the molecule is COc1ccc(-c2nc3ccccc3n2CC(=O)NCc2cccs2)cc1. The molecule has 27 heavy (non-hydrogen) atoms. The van der Waals surface area contributed by atoms with Crippen molar-refractivity contribution in [2.45, 2.75) is 13.1 Å². The van der Waals surface area contributed by atoms with E-state index in [2.05, 4.69) is 5.32 Å². The van der Waals surface area contributed by atoms with E-state index in [0.717, 1.165) is 33.0 Å². The van der Waals surface area contributed by atoms with E-state index in [-0.39, 0.29) is 12.5 Å². The predicted molar refractivity (Wildman–Crippen MR) is 108 cm³/mol. The Morgan fingerprint density at radius 1 is 1.11 bits per heavy atom. The molecule has 0 unspecified atom stereocenters. The van der Waals surface area contributed by atoms with Crippen LogP contribution in [0.25, 0.3) is 22.4 Å². The number of carbonyl (C=O) groups excluding carboxylic acids is 1. The molecule has 0 radical (unpaired) electrons. The maximum atomic E-state index is 12.6. The van der Waals surface area contributed by atoms with Gasteiger partial charge in [0.1, 0.15) is 18.1 Å². The van der Waals surface area contributed by atoms with Gasteiger partial charge in [-0.1, -0.05) is 18.2 Å². The summed E-state index contributed by atoms with van der Waals surface area (Å²) in [5, 5.41) is 4.99. The zero-order chi connectivity index (χ0) is 18.6. The molecule has 136 valence electrons. The molecule has 6 heteroatoms. The number of imidazole rings is 1. The summed E-state index contributed by atoms with van der Waals surface area (Å²) in [6.07, 6.45) is 0. The van der Waals surface area contributed by atoms with Gasteiger partial charge in [0.15, 0.2) is 0 Å². The number of amides is 1. The number of benzene rings is 2. The highest BCUT2D eigenvalue weighted by Gasteiger charge is 2.15. The van der Waals surface area contributed by atoms with Crippen molar-refractivity contribution in [2.24, 2.45) is 0 Å². The van der Waals surface area contributed by atoms with Gasteiger partial charge in [-0.2, -0.15) is 0 Å². The molecule has 2 heterocycles. The summed E-state index contributed by atoms with van der Waals surface area (Å²) < 4.78 is 7.19. The Balaban J connectivity index is 1.64. The van der Waals surface area contributed by atoms with E-state index in [9.17, 15) is 4.79 Å². The smallest absolute Gasteiger partial charge is 0.240 e. The Morgan fingerprint density at radius 2 is 1.93 bits per heavy atom. The van der Waals surface area contributed by atoms with Crippen LogP contribution in [0.5, 0.6) is 5.75 Å². The first-order valence-electron chi connectivity index (χ1n) is 8.63. The van der Waals surface area contributed by atoms with Gasteiger partial charge in [-0.25, -0.2) is 4.98 Å². The van der Waals surface area contributed by atoms with Gasteiger partial charge in [-0.15, -0.1) is 11.3 Å². The van der Waals surface area contributed by atoms with Gasteiger partial charge in [0.2, 0.25) is 5.91 Å². The number of hydrogen-bond acceptors (Lipinski definition) is 4. The Morgan fingerprint density at radius 3 is 2.67 bits per heavy atom. The first-order chi connectivity index (χ1) is 13.2. The van der Waals surface area contributed by atoms with Gasteiger partial charge in [0.25, 0.3) is 0 Å². The Bertz CT molecular complexity index is 1050. The van der Waals surface area contributed by atoms with E-state index in [1.807, 2.05) is 70.6 Å². The minimum Gasteiger partial charge on any atom is -0.497 e. The number of nitrogens with one attached hydrogen (secondary N) is 1. The molecule has 2 aromatic heterocycles. The molecule has 0 saturated carbocycles. The van der Waals surface area contributed by atoms with E-state index in [4.69, 9.17) is 9.72 Å². The molecule has 0 fully saturated rings. The third-order valence-corrected chi connectivity index (χ3v) is 5.22. The van der Waals surface area contributed by atoms with E-state index in [0.29, 0.717) is 6.54 Å². The summed E-state index contributed by atoms with van der Waals surface area (Å²) in [7, 11) is 1.64. The lowest BCUT2D eigenvalue weighted by molar-refractivity contribution is -0.121. The van der Waals surface area contributed by atoms with Crippen LogP contribution in [0.1, 0.15) is 4.88 Å². The molecule has 1 amide bonds. The number of ether oxygens (including phenoxy) is 1. The second-order valence-corrected chi connectivity index (χ2v) is 7.13. The molecule has 2 aromatic carbocycles. The normalized spacial score (nSPS) is 10.9. The molecule has 0 aliphatic rings. The third kappa shape index (κ3) is 3.71. The number of nitrogens with zero attached hydrogens (tertiary/aromatic N) is 2. The number of carbonyl (C=O) groups is 1. The van der Waals surface area contributed by atoms with Crippen LogP contribution in [0, 0.1) is 0 Å². The maximum Gasteiger partial charge on any atom is 0.240 e. The van der Waals surface area contributed by atoms with Crippen molar-refractivity contribution in [2.75, 3.05) is 7.11 Å². The number of rotatable bonds is 6. The highest BCUT2D eigenvalue weighted by atomic mass is 32.1. The van der Waals surface area contributed by atoms with E-state index >= 15 is 0 Å². The molecular weight excluding hydrogens is 358 g/mol. The van der Waals surface area contributed by atoms with Crippen molar-refractivity contribution in [3.63, 3.8) is 0 Å². The largest absolute Gasteiger partial charge is 0.497 e. The van der Waals surface area contributed by atoms with Gasteiger partial charge >= 0.3 is 0 Å². The van der Waals surface area contributed by atoms with Crippen molar-refractivity contribution in [3.8, 4) is 17.1 Å². The lowest BCUT2D eigenvalue weighted by Gasteiger charge is -2.10. The average Bonchev–Trinajstić information content (AvgIpc) is 3.35. The van der Waals surface area contributed by atoms with E-state index in [1.54, 1.807) is 18.4 Å². The minimum absolute atomic E-state index is 0.0404. The van der Waals surface area contributed by atoms with E-state index in [1.165, 1.54) is 0 Å². The van der Waals surface area contributed by atoms with Gasteiger partial charge in [-0.3, -0.25) is 4.79 Å². The van der Waals surface area contributed by atoms with Crippen LogP contribution in [0.2, 0.25) is 0 Å². The quantitative estimate of drug-likeness (QED) is 0.551. The van der Waals surface area contributed by atoms with Gasteiger partial charge in [0.05, 0.1) is 24.7 Å². The fourth-order valence-electron chi connectivity index (χ4n) is 2.99. The second kappa shape index (κ2) is 7.63. The zero-order valence-electron chi connectivity index (χ0n) is 14.9. The highest BCUT2D eigenvalue weighted by molar-refractivity contribution is 7.09. The first-order valence-corrected chi connectivity index (χ1v) is 9.51. The van der Waals surface area contributed by atoms with Gasteiger partial charge in [0, 0.05) is 10.4 Å². The molecule has 0 aliphatic carbocycles. The van der Waals surface area contributed by atoms with Crippen LogP contribution >= 0.6 is 11.3 Å². The van der Waals surface area contributed by atoms with Gasteiger partial charge in [-0.05, 0) is 47.8 Å². The van der Waals surface area contributed by atoms with Crippen LogP contribution in [-0.2, 0) is 17.9 Å². The monoisotopic (exact) mass is 377 g/mol. The van der Waals surface area contributed by atoms with Crippen LogP contribution in [0.3, 0.4) is 0 Å². The van der Waals surface area contributed by atoms with Crippen molar-refractivity contribution >= 4 is 28.3 Å². The maximum absolute atomic E-state index is 12.6. The Hall–Kier alpha value is -3.12. The van der Waals surface area contributed by atoms with E-state index < -0.39 is 0 Å². The lowest BCUT2D eigenvalue weighted by Crippen LogP contribution is -2.27. The van der Waals surface area contributed by atoms with Crippen molar-refractivity contribution in [3.05, 3.63) is 70.9 Å². The Labute approximate surface area is 161 Å². The standard InChI is InChI=1S/C21H19N3O2S/c1-26-16-10-8-15(9-11-16)21-23-18-6-2-3-7-19(18)24(21)14-20(25)22-13-17-5-4-12-27-17/h2-12H,13-14H2,1H3,(H,22,25). The van der Waals surface area contributed by atoms with Crippen LogP contribution < -0.4 is 10.1 Å². The molecule has 0 atom stereocenters. The third-order valence-electron chi connectivity index (χ3n) is 4.34. The van der Waals surface area contributed by atoms with Crippen LogP contribution in [-0.4, -0.2) is 22.6 Å². The zero-order valence-corrected chi connectivity index (χ0v) is 15.7. The van der Waals surface area contributed by atoms with Crippen molar-refractivity contribution in [1.82, 2.24) is 14.9 Å². The number of para-hydroxylation sites is 2. The molecule has 1 N–H and O–H groups in total. The molecule has 0 aliphatic heterocycles. The lowest BCUT2D eigenvalue weighted by atomic mass is 10.2. The van der Waals surface area contributed by atoms with Crippen LogP contribution in [0.15, 0.2) is 66.0 Å². The topological polar surface area (TPSA) is 56.2 Å². The van der Waals surface area contributed by atoms with Crippen molar-refractivity contribution < 1.29 is 9.53 Å². The molecule has 0 spiro atoms. The fourth-order valence-corrected chi connectivity index (χ4v) is 3.64. The number of methoxy groups -OCH3 is 1. The molecule has 4 aromatic rings. The molecule has 0 bridgehead atoms. The first kappa shape index (κ1) is 17.3. The minimum atomic E-state index is -0.0404. The molecule has 4 rings (SSSR count). The number of aromatic nitrogens is 2. The summed E-state index contributed by atoms with van der Waals surface area (Å²) in [5.74, 6) is 1.52. The number of fused-ring (bicyclic) bond motifs is 1. The summed E-state index contributed by atoms with van der Waals surface area (Å²) in [6.45, 7) is 0.758. The molecule has 0 saturated heterocycles. The highest BCUT2D eigenvalue weighted by Crippen LogP contribution is 2.26. The average molecular weight is 377 g/mol. The summed E-state index contributed by atoms with van der Waals surface area (Å²) >= 11 is 1.63. The second-order valence-electron chi connectivity index (χ2n) is 6.09. The number of thiophene rings is 1. The fraction of sp³-hybridized carbons (Fsp3) is 0.143. The summed E-state index contributed by atoms with van der Waals surface area (Å²) in [4.78, 5) is 18.4. The van der Waals surface area contributed by atoms with Crippen LogP contribution in [0.4, 0.5) is 0 Å². The predicted octanol–water partition coefficient (Wildman–Crippen LogP) is 4.09. The van der Waals surface area contributed by atoms with Crippen molar-refractivity contribution in [1.29, 1.82) is 0 Å². The summed E-state index contributed by atoms with van der Waals surface area (Å²) in [5.41, 5.74) is 2.75. The van der Waals surface area contributed by atoms with Gasteiger partial charge < -0.3 is 14.6 Å². The Kier molecular flexibility index (Phi) is 4.89. The molecular formula is C21H19N3O2S. The number of hydrogen-bond donors (Lipinski definition) is 1.